The Hall–Kier alpha value is -1.49. The van der Waals surface area contributed by atoms with Crippen molar-refractivity contribution in [1.29, 1.82) is 0 Å². The number of H-pyrrole nitrogens is 1. The van der Waals surface area contributed by atoms with E-state index in [2.05, 4.69) is 9.69 Å². The maximum absolute atomic E-state index is 15.3. The van der Waals surface area contributed by atoms with Gasteiger partial charge in [-0.15, -0.1) is 5.71 Å². The van der Waals surface area contributed by atoms with Crippen LogP contribution in [-0.2, 0) is 32.7 Å². The van der Waals surface area contributed by atoms with Crippen molar-refractivity contribution >= 4 is 33.0 Å². The van der Waals surface area contributed by atoms with Crippen LogP contribution in [0.5, 0.6) is 0 Å². The predicted molar refractivity (Wildman–Crippen MR) is 107 cm³/mol. The maximum atomic E-state index is 15.3. The summed E-state index contributed by atoms with van der Waals surface area (Å²) in [6.07, 6.45) is 0.958. The van der Waals surface area contributed by atoms with Crippen LogP contribution in [0.3, 0.4) is 0 Å². The number of alkyl halides is 2. The summed E-state index contributed by atoms with van der Waals surface area (Å²) in [5.41, 5.74) is 6.20. The molecule has 2 aliphatic rings. The van der Waals surface area contributed by atoms with E-state index in [-0.39, 0.29) is 59.9 Å². The normalized spacial score (nSPS) is 19.8. The van der Waals surface area contributed by atoms with Crippen LogP contribution in [0.1, 0.15) is 12.5 Å². The van der Waals surface area contributed by atoms with Crippen LogP contribution in [0.25, 0.3) is 26.9 Å². The van der Waals surface area contributed by atoms with Crippen LogP contribution in [-0.4, -0.2) is 47.1 Å². The maximum Gasteiger partial charge on any atom is 0.271 e. The van der Waals surface area contributed by atoms with Gasteiger partial charge in [0.1, 0.15) is 16.3 Å². The summed E-state index contributed by atoms with van der Waals surface area (Å²) in [5, 5.41) is 13.6. The number of fused-ring (bicyclic) bond motifs is 1. The first-order chi connectivity index (χ1) is 13.7. The first-order valence-electron chi connectivity index (χ1n) is 8.94. The molecule has 0 spiro atoms. The Bertz CT molecular complexity index is 1090. The van der Waals surface area contributed by atoms with Gasteiger partial charge in [0.25, 0.3) is 5.92 Å². The van der Waals surface area contributed by atoms with Gasteiger partial charge in [-0.2, -0.15) is 0 Å². The minimum Gasteiger partial charge on any atom is -0.801 e. The second-order valence-electron chi connectivity index (χ2n) is 6.99. The molecule has 1 aromatic carbocycles. The van der Waals surface area contributed by atoms with Crippen LogP contribution in [0.4, 0.5) is 17.6 Å². The summed E-state index contributed by atoms with van der Waals surface area (Å²) in [5.74, 6) is -5.48. The van der Waals surface area contributed by atoms with Gasteiger partial charge in [0.15, 0.2) is 0 Å². The first kappa shape index (κ1) is 23.2. The molecular formula is C19H17F4N5SY-2. The topological polar surface area (TPSA) is 77.2 Å². The molecule has 30 heavy (non-hydrogen) atoms. The van der Waals surface area contributed by atoms with Gasteiger partial charge in [0, 0.05) is 56.3 Å². The van der Waals surface area contributed by atoms with Gasteiger partial charge >= 0.3 is 0 Å². The zero-order chi connectivity index (χ0) is 20.9. The van der Waals surface area contributed by atoms with E-state index in [0.29, 0.717) is 33.1 Å². The molecule has 1 aliphatic heterocycles. The minimum atomic E-state index is -3.46. The third kappa shape index (κ3) is 3.90. The summed E-state index contributed by atoms with van der Waals surface area (Å²) in [6, 6.07) is 2.28. The number of nitrogens with zero attached hydrogens (tertiary/aromatic N) is 2. The number of piperazine rings is 1. The molecule has 0 saturated carbocycles. The van der Waals surface area contributed by atoms with E-state index in [1.165, 1.54) is 6.07 Å². The second-order valence-corrected chi connectivity index (χ2v) is 7.80. The van der Waals surface area contributed by atoms with Crippen molar-refractivity contribution in [1.82, 2.24) is 14.6 Å². The number of allylic oxidation sites excluding steroid dienone is 5. The van der Waals surface area contributed by atoms with Gasteiger partial charge in [0.2, 0.25) is 0 Å². The van der Waals surface area contributed by atoms with Crippen molar-refractivity contribution in [2.75, 3.05) is 26.2 Å². The molecule has 5 nitrogen and oxygen atoms in total. The van der Waals surface area contributed by atoms with Gasteiger partial charge in [0.05, 0.1) is 5.52 Å². The third-order valence-electron chi connectivity index (χ3n) is 5.04. The Morgan fingerprint density at radius 3 is 2.47 bits per heavy atom. The molecule has 0 atom stereocenters. The zero-order valence-electron chi connectivity index (χ0n) is 16.0. The van der Waals surface area contributed by atoms with Gasteiger partial charge in [-0.3, -0.25) is 0 Å². The number of aromatic amines is 1. The SMILES string of the molecule is CC(F)(F)C1=C/C(=C(/[NH-])N2CCNCC2)C(=[N-])C(F)=C1c1ccc(F)c2s[nH]c12.[Y]. The molecule has 11 heteroatoms. The van der Waals surface area contributed by atoms with E-state index in [9.17, 15) is 18.6 Å². The fraction of sp³-hybridized carbons (Fsp3) is 0.316. The van der Waals surface area contributed by atoms with Crippen LogP contribution in [0.15, 0.2) is 41.0 Å². The smallest absolute Gasteiger partial charge is 0.271 e. The molecule has 157 valence electrons. The fourth-order valence-electron chi connectivity index (χ4n) is 3.51. The van der Waals surface area contributed by atoms with Gasteiger partial charge < -0.3 is 25.7 Å². The number of aromatic nitrogens is 1. The van der Waals surface area contributed by atoms with E-state index in [1.54, 1.807) is 4.90 Å². The molecule has 1 fully saturated rings. The Kier molecular flexibility index (Phi) is 6.62. The third-order valence-corrected chi connectivity index (χ3v) is 5.95. The summed E-state index contributed by atoms with van der Waals surface area (Å²) in [4.78, 5) is 1.59. The van der Waals surface area contributed by atoms with Gasteiger partial charge in [-0.05, 0) is 50.0 Å². The Labute approximate surface area is 199 Å². The Balaban J connectivity index is 0.00000256. The fourth-order valence-corrected chi connectivity index (χ4v) is 4.20. The van der Waals surface area contributed by atoms with E-state index < -0.39 is 34.4 Å². The number of halogens is 4. The van der Waals surface area contributed by atoms with Crippen molar-refractivity contribution in [3.8, 4) is 0 Å². The molecular weight excluding hydrogens is 495 g/mol. The number of hydrogen-bond donors (Lipinski definition) is 2. The first-order valence-corrected chi connectivity index (χ1v) is 9.76. The Morgan fingerprint density at radius 2 is 1.90 bits per heavy atom. The van der Waals surface area contributed by atoms with Crippen LogP contribution >= 0.6 is 11.5 Å². The van der Waals surface area contributed by atoms with E-state index in [1.807, 2.05) is 0 Å². The molecule has 1 aliphatic carbocycles. The number of benzene rings is 1. The summed E-state index contributed by atoms with van der Waals surface area (Å²) in [7, 11) is 0. The largest absolute Gasteiger partial charge is 0.801 e. The molecule has 1 aromatic heterocycles. The number of nitrogens with one attached hydrogen (secondary N) is 3. The Morgan fingerprint density at radius 1 is 1.23 bits per heavy atom. The summed E-state index contributed by atoms with van der Waals surface area (Å²) >= 11 is 0.972. The van der Waals surface area contributed by atoms with E-state index >= 15 is 4.39 Å². The van der Waals surface area contributed by atoms with Crippen molar-refractivity contribution < 1.29 is 50.3 Å². The molecule has 1 radical (unpaired) electrons. The average Bonchev–Trinajstić information content (AvgIpc) is 2.64. The number of rotatable bonds is 3. The van der Waals surface area contributed by atoms with Crippen molar-refractivity contribution in [3.05, 3.63) is 63.5 Å². The minimum absolute atomic E-state index is 0. The van der Waals surface area contributed by atoms with Gasteiger partial charge in [-0.1, -0.05) is 17.4 Å². The van der Waals surface area contributed by atoms with Crippen molar-refractivity contribution in [3.63, 3.8) is 0 Å². The zero-order valence-corrected chi connectivity index (χ0v) is 19.6. The standard InChI is InChI=1S/C19H17F4N5S.Y/c1-19(22,23)11-8-10(18(25)28-6-4-26-5-7-28)15(24)14(21)13(11)9-2-3-12(20)17-16(9)27-29-17;/h2-3,8,25-27H,4-7H2,1H3;/q-2;/b18-10+;. The van der Waals surface area contributed by atoms with Crippen molar-refractivity contribution in [2.45, 2.75) is 12.8 Å². The monoisotopic (exact) mass is 512 g/mol. The molecule has 2 heterocycles. The second kappa shape index (κ2) is 8.57. The quantitative estimate of drug-likeness (QED) is 0.579. The molecule has 0 amide bonds. The average molecular weight is 512 g/mol. The molecule has 3 N–H and O–H groups in total. The van der Waals surface area contributed by atoms with Crippen LogP contribution in [0.2, 0.25) is 0 Å². The molecule has 0 bridgehead atoms. The molecule has 1 saturated heterocycles. The van der Waals surface area contributed by atoms with Crippen LogP contribution in [0, 0.1) is 5.82 Å². The van der Waals surface area contributed by atoms with Gasteiger partial charge in [-0.25, -0.2) is 17.6 Å². The van der Waals surface area contributed by atoms with E-state index in [0.717, 1.165) is 23.7 Å². The predicted octanol–water partition coefficient (Wildman–Crippen LogP) is 4.82. The molecule has 4 rings (SSSR count). The molecule has 2 aromatic rings. The number of hydrogen-bond acceptors (Lipinski definition) is 3. The van der Waals surface area contributed by atoms with E-state index in [4.69, 9.17) is 5.73 Å². The van der Waals surface area contributed by atoms with Crippen LogP contribution < -0.4 is 5.32 Å². The summed E-state index contributed by atoms with van der Waals surface area (Å²) in [6.45, 7) is 2.67. The van der Waals surface area contributed by atoms with Crippen molar-refractivity contribution in [2.24, 2.45) is 0 Å². The molecule has 0 unspecified atom stereocenters. The summed E-state index contributed by atoms with van der Waals surface area (Å²) < 4.78 is 61.0.